The van der Waals surface area contributed by atoms with Crippen molar-refractivity contribution in [2.75, 3.05) is 0 Å². The molecule has 1 aromatic heterocycles. The molecule has 0 fully saturated rings. The van der Waals surface area contributed by atoms with E-state index >= 15 is 0 Å². The Labute approximate surface area is 113 Å². The minimum atomic E-state index is 0. The summed E-state index contributed by atoms with van der Waals surface area (Å²) in [5.74, 6) is 1.36. The van der Waals surface area contributed by atoms with E-state index < -0.39 is 0 Å². The van der Waals surface area contributed by atoms with Crippen molar-refractivity contribution in [1.82, 2.24) is 4.98 Å². The molecule has 2 aromatic rings. The Morgan fingerprint density at radius 2 is 1.71 bits per heavy atom. The van der Waals surface area contributed by atoms with E-state index in [0.717, 1.165) is 11.3 Å². The number of halogens is 2. The Morgan fingerprint density at radius 3 is 2.24 bits per heavy atom. The zero-order chi connectivity index (χ0) is 10.5. The summed E-state index contributed by atoms with van der Waals surface area (Å²) in [5.41, 5.74) is 6.59. The molecule has 0 saturated carbocycles. The van der Waals surface area contributed by atoms with E-state index in [0.29, 0.717) is 12.4 Å². The van der Waals surface area contributed by atoms with Crippen LogP contribution in [0.3, 0.4) is 0 Å². The average molecular weight is 273 g/mol. The fourth-order valence-electron chi connectivity index (χ4n) is 1.22. The minimum absolute atomic E-state index is 0. The molecule has 0 atom stereocenters. The summed E-state index contributed by atoms with van der Waals surface area (Å²) in [4.78, 5) is 4.07. The molecule has 5 heteroatoms. The van der Waals surface area contributed by atoms with Gasteiger partial charge in [0.25, 0.3) is 0 Å². The van der Waals surface area contributed by atoms with Crippen molar-refractivity contribution >= 4 is 24.8 Å². The van der Waals surface area contributed by atoms with Gasteiger partial charge >= 0.3 is 0 Å². The summed E-state index contributed by atoms with van der Waals surface area (Å²) >= 11 is 0. The van der Waals surface area contributed by atoms with Gasteiger partial charge in [0.05, 0.1) is 0 Å². The lowest BCUT2D eigenvalue weighted by atomic mass is 10.2. The Bertz CT molecular complexity index is 420. The molecule has 0 bridgehead atoms. The first kappa shape index (κ1) is 15.7. The molecule has 0 amide bonds. The van der Waals surface area contributed by atoms with Gasteiger partial charge < -0.3 is 10.5 Å². The van der Waals surface area contributed by atoms with Crippen LogP contribution in [0.25, 0.3) is 0 Å². The molecule has 92 valence electrons. The number of nitrogens with zero attached hydrogens (tertiary/aromatic N) is 1. The maximum absolute atomic E-state index is 5.53. The van der Waals surface area contributed by atoms with E-state index in [9.17, 15) is 0 Å². The van der Waals surface area contributed by atoms with Gasteiger partial charge in [-0.05, 0) is 23.8 Å². The van der Waals surface area contributed by atoms with Crippen molar-refractivity contribution in [1.29, 1.82) is 0 Å². The fourth-order valence-corrected chi connectivity index (χ4v) is 1.22. The molecule has 3 nitrogen and oxygen atoms in total. The standard InChI is InChI=1S/C12H12N2O.2ClH/c13-9-10-4-6-11(7-5-10)15-12-3-1-2-8-14-12;;/h1-8H,9,13H2;2*1H. The number of hydrogen-bond acceptors (Lipinski definition) is 3. The summed E-state index contributed by atoms with van der Waals surface area (Å²) in [5, 5.41) is 0. The van der Waals surface area contributed by atoms with Gasteiger partial charge in [0.1, 0.15) is 5.75 Å². The van der Waals surface area contributed by atoms with Crippen molar-refractivity contribution in [3.8, 4) is 11.6 Å². The number of ether oxygens (including phenoxy) is 1. The van der Waals surface area contributed by atoms with Crippen LogP contribution in [-0.4, -0.2) is 4.98 Å². The lowest BCUT2D eigenvalue weighted by Crippen LogP contribution is -1.95. The van der Waals surface area contributed by atoms with Crippen LogP contribution in [-0.2, 0) is 6.54 Å². The second-order valence-electron chi connectivity index (χ2n) is 3.12. The summed E-state index contributed by atoms with van der Waals surface area (Å²) in [6.07, 6.45) is 1.70. The van der Waals surface area contributed by atoms with Gasteiger partial charge in [-0.25, -0.2) is 4.98 Å². The third kappa shape index (κ3) is 4.61. The topological polar surface area (TPSA) is 48.1 Å². The maximum Gasteiger partial charge on any atom is 0.219 e. The van der Waals surface area contributed by atoms with Crippen LogP contribution in [0.1, 0.15) is 5.56 Å². The van der Waals surface area contributed by atoms with E-state index in [-0.39, 0.29) is 24.8 Å². The van der Waals surface area contributed by atoms with Crippen LogP contribution >= 0.6 is 24.8 Å². The molecule has 0 radical (unpaired) electrons. The average Bonchev–Trinajstić information content (AvgIpc) is 2.31. The number of rotatable bonds is 3. The van der Waals surface area contributed by atoms with Crippen molar-refractivity contribution in [3.05, 3.63) is 54.2 Å². The first-order valence-corrected chi connectivity index (χ1v) is 4.76. The first-order chi connectivity index (χ1) is 7.38. The van der Waals surface area contributed by atoms with Crippen LogP contribution in [0.2, 0.25) is 0 Å². The Hall–Kier alpha value is -1.29. The van der Waals surface area contributed by atoms with Crippen LogP contribution in [0.4, 0.5) is 0 Å². The monoisotopic (exact) mass is 272 g/mol. The molecule has 17 heavy (non-hydrogen) atoms. The normalized spacial score (nSPS) is 8.76. The van der Waals surface area contributed by atoms with Crippen molar-refractivity contribution in [2.24, 2.45) is 5.73 Å². The molecule has 2 rings (SSSR count). The van der Waals surface area contributed by atoms with E-state index in [2.05, 4.69) is 4.98 Å². The predicted octanol–water partition coefficient (Wildman–Crippen LogP) is 3.18. The minimum Gasteiger partial charge on any atom is -0.439 e. The van der Waals surface area contributed by atoms with Gasteiger partial charge in [0, 0.05) is 18.8 Å². The first-order valence-electron chi connectivity index (χ1n) is 4.76. The van der Waals surface area contributed by atoms with Crippen molar-refractivity contribution in [3.63, 3.8) is 0 Å². The zero-order valence-electron chi connectivity index (χ0n) is 9.08. The van der Waals surface area contributed by atoms with Crippen LogP contribution in [0.15, 0.2) is 48.7 Å². The van der Waals surface area contributed by atoms with Gasteiger partial charge in [-0.1, -0.05) is 18.2 Å². The summed E-state index contributed by atoms with van der Waals surface area (Å²) in [6, 6.07) is 13.2. The number of pyridine rings is 1. The fraction of sp³-hybridized carbons (Fsp3) is 0.0833. The lowest BCUT2D eigenvalue weighted by Gasteiger charge is -2.04. The Balaban J connectivity index is 0.00000128. The van der Waals surface area contributed by atoms with E-state index in [4.69, 9.17) is 10.5 Å². The lowest BCUT2D eigenvalue weighted by molar-refractivity contribution is 0.463. The predicted molar refractivity (Wildman–Crippen MR) is 73.1 cm³/mol. The molecule has 2 N–H and O–H groups in total. The highest BCUT2D eigenvalue weighted by molar-refractivity contribution is 5.85. The maximum atomic E-state index is 5.53. The molecule has 0 spiro atoms. The van der Waals surface area contributed by atoms with Gasteiger partial charge in [0.15, 0.2) is 0 Å². The molecule has 0 aliphatic rings. The van der Waals surface area contributed by atoms with Gasteiger partial charge in [-0.2, -0.15) is 0 Å². The molecule has 0 aliphatic carbocycles. The SMILES string of the molecule is Cl.Cl.NCc1ccc(Oc2ccccn2)cc1. The zero-order valence-corrected chi connectivity index (χ0v) is 10.7. The number of hydrogen-bond donors (Lipinski definition) is 1. The van der Waals surface area contributed by atoms with E-state index in [1.54, 1.807) is 6.20 Å². The molecule has 1 heterocycles. The quantitative estimate of drug-likeness (QED) is 0.934. The highest BCUT2D eigenvalue weighted by atomic mass is 35.5. The third-order valence-electron chi connectivity index (χ3n) is 2.02. The van der Waals surface area contributed by atoms with Crippen LogP contribution in [0.5, 0.6) is 11.6 Å². The summed E-state index contributed by atoms with van der Waals surface area (Å²) in [7, 11) is 0. The third-order valence-corrected chi connectivity index (χ3v) is 2.02. The largest absolute Gasteiger partial charge is 0.439 e. The van der Waals surface area contributed by atoms with E-state index in [1.165, 1.54) is 0 Å². The Morgan fingerprint density at radius 1 is 1.00 bits per heavy atom. The van der Waals surface area contributed by atoms with Gasteiger partial charge in [-0.15, -0.1) is 24.8 Å². The smallest absolute Gasteiger partial charge is 0.219 e. The molecular weight excluding hydrogens is 259 g/mol. The number of benzene rings is 1. The van der Waals surface area contributed by atoms with Crippen molar-refractivity contribution in [2.45, 2.75) is 6.54 Å². The molecule has 0 saturated heterocycles. The number of nitrogens with two attached hydrogens (primary N) is 1. The van der Waals surface area contributed by atoms with Crippen LogP contribution < -0.4 is 10.5 Å². The van der Waals surface area contributed by atoms with E-state index in [1.807, 2.05) is 42.5 Å². The molecule has 1 aromatic carbocycles. The van der Waals surface area contributed by atoms with Gasteiger partial charge in [-0.3, -0.25) is 0 Å². The highest BCUT2D eigenvalue weighted by Crippen LogP contribution is 2.18. The summed E-state index contributed by atoms with van der Waals surface area (Å²) < 4.78 is 5.53. The molecular formula is C12H14Cl2N2O. The number of aromatic nitrogens is 1. The second-order valence-corrected chi connectivity index (χ2v) is 3.12. The van der Waals surface area contributed by atoms with Crippen molar-refractivity contribution < 1.29 is 4.74 Å². The molecule has 0 unspecified atom stereocenters. The summed E-state index contributed by atoms with van der Waals surface area (Å²) in [6.45, 7) is 0.546. The molecule has 0 aliphatic heterocycles. The van der Waals surface area contributed by atoms with Crippen LogP contribution in [0, 0.1) is 0 Å². The van der Waals surface area contributed by atoms with Gasteiger partial charge in [0.2, 0.25) is 5.88 Å². The second kappa shape index (κ2) is 7.90. The Kier molecular flexibility index (Phi) is 7.30. The highest BCUT2D eigenvalue weighted by Gasteiger charge is 1.96.